The van der Waals surface area contributed by atoms with Crippen LogP contribution in [0.5, 0.6) is 0 Å². The van der Waals surface area contributed by atoms with Gasteiger partial charge in [0.25, 0.3) is 5.91 Å². The van der Waals surface area contributed by atoms with Crippen LogP contribution >= 0.6 is 0 Å². The van der Waals surface area contributed by atoms with E-state index in [1.165, 1.54) is 12.0 Å². The van der Waals surface area contributed by atoms with E-state index in [0.29, 0.717) is 18.8 Å². The van der Waals surface area contributed by atoms with E-state index < -0.39 is 17.4 Å². The van der Waals surface area contributed by atoms with Gasteiger partial charge in [-0.15, -0.1) is 0 Å². The number of methoxy groups -OCH3 is 1. The number of rotatable bonds is 3. The molecule has 2 amide bonds. The topological polar surface area (TPSA) is 90.7 Å². The van der Waals surface area contributed by atoms with Gasteiger partial charge in [-0.05, 0) is 24.3 Å². The van der Waals surface area contributed by atoms with Gasteiger partial charge in [-0.3, -0.25) is 19.3 Å². The third kappa shape index (κ3) is 3.06. The summed E-state index contributed by atoms with van der Waals surface area (Å²) in [7, 11) is 1.27. The van der Waals surface area contributed by atoms with Crippen molar-refractivity contribution in [2.24, 2.45) is 5.41 Å². The molecule has 0 aromatic heterocycles. The molecular weight excluding hydrogens is 370 g/mol. The first-order valence-corrected chi connectivity index (χ1v) is 9.59. The number of benzene rings is 2. The Kier molecular flexibility index (Phi) is 4.81. The van der Waals surface area contributed by atoms with Gasteiger partial charge in [0, 0.05) is 18.5 Å². The van der Waals surface area contributed by atoms with Gasteiger partial charge in [-0.25, -0.2) is 4.90 Å². The van der Waals surface area contributed by atoms with Gasteiger partial charge < -0.3 is 4.74 Å². The van der Waals surface area contributed by atoms with Crippen LogP contribution in [0.25, 0.3) is 10.8 Å². The van der Waals surface area contributed by atoms with Gasteiger partial charge in [-0.2, -0.15) is 5.26 Å². The molecule has 2 heterocycles. The van der Waals surface area contributed by atoms with E-state index in [1.807, 2.05) is 41.3 Å². The van der Waals surface area contributed by atoms with Crippen molar-refractivity contribution >= 4 is 34.2 Å². The summed E-state index contributed by atoms with van der Waals surface area (Å²) < 4.78 is 4.79. The van der Waals surface area contributed by atoms with Crippen LogP contribution < -0.4 is 4.90 Å². The molecule has 2 aromatic rings. The molecule has 0 radical (unpaired) electrons. The van der Waals surface area contributed by atoms with E-state index in [-0.39, 0.29) is 31.1 Å². The molecule has 0 aliphatic carbocycles. The van der Waals surface area contributed by atoms with Crippen LogP contribution in [0.15, 0.2) is 42.5 Å². The fourth-order valence-corrected chi connectivity index (χ4v) is 4.33. The molecule has 0 bridgehead atoms. The summed E-state index contributed by atoms with van der Waals surface area (Å²) in [6.45, 7) is 0.769. The molecule has 0 saturated carbocycles. The lowest BCUT2D eigenvalue weighted by Crippen LogP contribution is -2.50. The zero-order valence-electron chi connectivity index (χ0n) is 16.1. The third-order valence-corrected chi connectivity index (χ3v) is 6.01. The van der Waals surface area contributed by atoms with Crippen molar-refractivity contribution in [2.75, 3.05) is 25.1 Å². The van der Waals surface area contributed by atoms with Gasteiger partial charge >= 0.3 is 5.97 Å². The molecule has 2 saturated heterocycles. The Morgan fingerprint density at radius 3 is 2.52 bits per heavy atom. The number of nitrogens with zero attached hydrogens (tertiary/aromatic N) is 3. The Morgan fingerprint density at radius 1 is 1.14 bits per heavy atom. The molecular formula is C22H21N3O4. The Hall–Kier alpha value is -3.24. The van der Waals surface area contributed by atoms with Crippen LogP contribution in [0.1, 0.15) is 19.3 Å². The number of ether oxygens (including phenoxy) is 1. The van der Waals surface area contributed by atoms with Crippen LogP contribution in [0.2, 0.25) is 0 Å². The Labute approximate surface area is 168 Å². The molecule has 7 heteroatoms. The van der Waals surface area contributed by atoms with E-state index in [0.717, 1.165) is 10.8 Å². The minimum atomic E-state index is -1.17. The second kappa shape index (κ2) is 7.30. The standard InChI is InChI=1S/C22H21N3O4/c1-29-21(28)22(14-23)9-11-24(12-10-22)18-13-19(26)25(20(18)27)17-8-4-6-15-5-2-3-7-16(15)17/h2-8,18H,9-13H2,1H3. The highest BCUT2D eigenvalue weighted by Crippen LogP contribution is 2.36. The molecule has 4 rings (SSSR count). The number of likely N-dealkylation sites (tertiary alicyclic amines) is 1. The minimum absolute atomic E-state index is 0.0971. The van der Waals surface area contributed by atoms with E-state index in [4.69, 9.17) is 4.74 Å². The van der Waals surface area contributed by atoms with Crippen LogP contribution in [-0.2, 0) is 19.1 Å². The second-order valence-corrected chi connectivity index (χ2v) is 7.51. The molecule has 1 unspecified atom stereocenters. The van der Waals surface area contributed by atoms with Crippen LogP contribution in [-0.4, -0.2) is 48.9 Å². The first-order chi connectivity index (χ1) is 14.0. The van der Waals surface area contributed by atoms with E-state index >= 15 is 0 Å². The van der Waals surface area contributed by atoms with Gasteiger partial charge in [0.1, 0.15) is 0 Å². The Balaban J connectivity index is 1.57. The lowest BCUT2D eigenvalue weighted by atomic mass is 9.79. The maximum Gasteiger partial charge on any atom is 0.326 e. The summed E-state index contributed by atoms with van der Waals surface area (Å²) in [4.78, 5) is 41.2. The average Bonchev–Trinajstić information content (AvgIpc) is 3.06. The van der Waals surface area contributed by atoms with Crippen molar-refractivity contribution in [3.8, 4) is 6.07 Å². The van der Waals surface area contributed by atoms with Crippen molar-refractivity contribution in [3.05, 3.63) is 42.5 Å². The van der Waals surface area contributed by atoms with Crippen LogP contribution in [0, 0.1) is 16.7 Å². The first kappa shape index (κ1) is 19.1. The highest BCUT2D eigenvalue weighted by Gasteiger charge is 2.48. The quantitative estimate of drug-likeness (QED) is 0.589. The fraction of sp³-hybridized carbons (Fsp3) is 0.364. The van der Waals surface area contributed by atoms with Crippen molar-refractivity contribution in [1.29, 1.82) is 5.26 Å². The van der Waals surface area contributed by atoms with E-state index in [2.05, 4.69) is 6.07 Å². The number of imide groups is 1. The first-order valence-electron chi connectivity index (χ1n) is 9.59. The number of carbonyl (C=O) groups excluding carboxylic acids is 3. The lowest BCUT2D eigenvalue weighted by molar-refractivity contribution is -0.152. The molecule has 2 aliphatic heterocycles. The van der Waals surface area contributed by atoms with Crippen molar-refractivity contribution in [2.45, 2.75) is 25.3 Å². The number of hydrogen-bond donors (Lipinski definition) is 0. The molecule has 2 aromatic carbocycles. The third-order valence-electron chi connectivity index (χ3n) is 6.01. The van der Waals surface area contributed by atoms with Crippen LogP contribution in [0.3, 0.4) is 0 Å². The highest BCUT2D eigenvalue weighted by atomic mass is 16.5. The number of carbonyl (C=O) groups is 3. The lowest BCUT2D eigenvalue weighted by Gasteiger charge is -2.37. The van der Waals surface area contributed by atoms with Crippen molar-refractivity contribution < 1.29 is 19.1 Å². The fourth-order valence-electron chi connectivity index (χ4n) is 4.33. The maximum absolute atomic E-state index is 13.2. The SMILES string of the molecule is COC(=O)C1(C#N)CCN(C2CC(=O)N(c3cccc4ccccc34)C2=O)CC1. The number of fused-ring (bicyclic) bond motifs is 1. The molecule has 0 spiro atoms. The summed E-state index contributed by atoms with van der Waals surface area (Å²) in [5, 5.41) is 11.3. The van der Waals surface area contributed by atoms with Gasteiger partial charge in [0.05, 0.1) is 31.3 Å². The zero-order chi connectivity index (χ0) is 20.6. The monoisotopic (exact) mass is 391 g/mol. The number of piperidine rings is 1. The van der Waals surface area contributed by atoms with E-state index in [1.54, 1.807) is 6.07 Å². The molecule has 1 atom stereocenters. The maximum atomic E-state index is 13.2. The summed E-state index contributed by atoms with van der Waals surface area (Å²) in [6, 6.07) is 14.7. The van der Waals surface area contributed by atoms with Crippen molar-refractivity contribution in [1.82, 2.24) is 4.90 Å². The van der Waals surface area contributed by atoms with Crippen molar-refractivity contribution in [3.63, 3.8) is 0 Å². The molecule has 2 aliphatic rings. The highest BCUT2D eigenvalue weighted by molar-refractivity contribution is 6.25. The number of nitriles is 1. The molecule has 148 valence electrons. The molecule has 7 nitrogen and oxygen atoms in total. The van der Waals surface area contributed by atoms with Gasteiger partial charge in [0.2, 0.25) is 5.91 Å². The van der Waals surface area contributed by atoms with Gasteiger partial charge in [-0.1, -0.05) is 36.4 Å². The average molecular weight is 391 g/mol. The number of esters is 1. The normalized spacial score (nSPS) is 21.9. The number of anilines is 1. The number of hydrogen-bond acceptors (Lipinski definition) is 6. The summed E-state index contributed by atoms with van der Waals surface area (Å²) >= 11 is 0. The number of amides is 2. The largest absolute Gasteiger partial charge is 0.468 e. The Bertz CT molecular complexity index is 1030. The van der Waals surface area contributed by atoms with Crippen LogP contribution in [0.4, 0.5) is 5.69 Å². The molecule has 0 N–H and O–H groups in total. The second-order valence-electron chi connectivity index (χ2n) is 7.51. The van der Waals surface area contributed by atoms with E-state index in [9.17, 15) is 19.6 Å². The minimum Gasteiger partial charge on any atom is -0.468 e. The molecule has 2 fully saturated rings. The van der Waals surface area contributed by atoms with Gasteiger partial charge in [0.15, 0.2) is 5.41 Å². The summed E-state index contributed by atoms with van der Waals surface area (Å²) in [5.74, 6) is -1.03. The summed E-state index contributed by atoms with van der Waals surface area (Å²) in [6.07, 6.45) is 0.657. The molecule has 29 heavy (non-hydrogen) atoms. The predicted octanol–water partition coefficient (Wildman–Crippen LogP) is 2.25. The zero-order valence-corrected chi connectivity index (χ0v) is 16.1. The smallest absolute Gasteiger partial charge is 0.326 e. The Morgan fingerprint density at radius 2 is 1.83 bits per heavy atom. The predicted molar refractivity (Wildman–Crippen MR) is 106 cm³/mol. The summed E-state index contributed by atoms with van der Waals surface area (Å²) in [5.41, 5.74) is -0.579.